The molecule has 6 nitrogen and oxygen atoms in total. The number of unbranched alkanes of at least 4 members (excludes halogenated alkanes) is 2. The molecule has 7 heteroatoms. The predicted molar refractivity (Wildman–Crippen MR) is 101 cm³/mol. The van der Waals surface area contributed by atoms with Crippen LogP contribution in [0.4, 0.5) is 10.1 Å². The zero-order valence-electron chi connectivity index (χ0n) is 16.0. The highest BCUT2D eigenvalue weighted by atomic mass is 19.1. The van der Waals surface area contributed by atoms with Crippen LogP contribution in [0.1, 0.15) is 32.1 Å². The van der Waals surface area contributed by atoms with Crippen LogP contribution in [0.5, 0.6) is 5.75 Å². The van der Waals surface area contributed by atoms with Gasteiger partial charge in [0.1, 0.15) is 11.6 Å². The average molecular weight is 377 g/mol. The number of carbonyl (C=O) groups excluding carboxylic acids is 2. The first-order valence-corrected chi connectivity index (χ1v) is 9.72. The first-order chi connectivity index (χ1) is 13.1. The van der Waals surface area contributed by atoms with E-state index in [0.29, 0.717) is 25.1 Å². The van der Waals surface area contributed by atoms with E-state index in [-0.39, 0.29) is 17.6 Å². The highest BCUT2D eigenvalue weighted by Crippen LogP contribution is 2.29. The van der Waals surface area contributed by atoms with Crippen LogP contribution in [0.25, 0.3) is 0 Å². The van der Waals surface area contributed by atoms with Crippen LogP contribution in [0.2, 0.25) is 0 Å². The zero-order valence-corrected chi connectivity index (χ0v) is 16.0. The van der Waals surface area contributed by atoms with Gasteiger partial charge in [0.15, 0.2) is 0 Å². The van der Waals surface area contributed by atoms with Crippen molar-refractivity contribution in [3.05, 3.63) is 24.0 Å². The number of methoxy groups -OCH3 is 1. The van der Waals surface area contributed by atoms with Gasteiger partial charge in [-0.05, 0) is 31.5 Å². The standard InChI is InChI=1S/C20H28FN3O3/c1-27-18-6-5-16(21)15-17(18)23-13-11-22(12-14-23)9-3-2-4-10-24-19(25)7-8-20(24)26/h5-6,15H,2-4,7-14H2,1H3. The van der Waals surface area contributed by atoms with Crippen LogP contribution >= 0.6 is 0 Å². The second kappa shape index (κ2) is 9.17. The molecule has 0 aliphatic carbocycles. The second-order valence-electron chi connectivity index (χ2n) is 7.14. The minimum absolute atomic E-state index is 0.0242. The second-order valence-corrected chi connectivity index (χ2v) is 7.14. The number of imide groups is 1. The maximum absolute atomic E-state index is 13.6. The third kappa shape index (κ3) is 4.97. The number of ether oxygens (including phenoxy) is 1. The van der Waals surface area contributed by atoms with E-state index in [4.69, 9.17) is 4.74 Å². The Hall–Kier alpha value is -2.15. The van der Waals surface area contributed by atoms with E-state index >= 15 is 0 Å². The molecule has 2 fully saturated rings. The van der Waals surface area contributed by atoms with Crippen molar-refractivity contribution in [1.29, 1.82) is 0 Å². The molecule has 0 aromatic heterocycles. The molecule has 2 saturated heterocycles. The summed E-state index contributed by atoms with van der Waals surface area (Å²) in [6.45, 7) is 5.12. The molecular weight excluding hydrogens is 349 g/mol. The zero-order chi connectivity index (χ0) is 19.2. The number of hydrogen-bond donors (Lipinski definition) is 0. The maximum atomic E-state index is 13.6. The van der Waals surface area contributed by atoms with E-state index in [0.717, 1.165) is 57.7 Å². The molecule has 2 aliphatic rings. The Balaban J connectivity index is 1.36. The molecule has 0 spiro atoms. The fourth-order valence-electron chi connectivity index (χ4n) is 3.78. The highest BCUT2D eigenvalue weighted by Gasteiger charge is 2.28. The van der Waals surface area contributed by atoms with Gasteiger partial charge in [-0.1, -0.05) is 6.42 Å². The number of nitrogens with zero attached hydrogens (tertiary/aromatic N) is 3. The van der Waals surface area contributed by atoms with Crippen molar-refractivity contribution in [2.45, 2.75) is 32.1 Å². The van der Waals surface area contributed by atoms with Gasteiger partial charge in [0.25, 0.3) is 0 Å². The van der Waals surface area contributed by atoms with Crippen molar-refractivity contribution >= 4 is 17.5 Å². The SMILES string of the molecule is COc1ccc(F)cc1N1CCN(CCCCCN2C(=O)CCC2=O)CC1. The highest BCUT2D eigenvalue weighted by molar-refractivity contribution is 6.01. The van der Waals surface area contributed by atoms with Gasteiger partial charge in [0.05, 0.1) is 12.8 Å². The summed E-state index contributed by atoms with van der Waals surface area (Å²) in [6.07, 6.45) is 3.69. The molecule has 2 heterocycles. The molecule has 2 aliphatic heterocycles. The van der Waals surface area contributed by atoms with Gasteiger partial charge >= 0.3 is 0 Å². The van der Waals surface area contributed by atoms with E-state index in [1.54, 1.807) is 13.2 Å². The van der Waals surface area contributed by atoms with Gasteiger partial charge in [0, 0.05) is 51.6 Å². The van der Waals surface area contributed by atoms with Crippen molar-refractivity contribution in [3.63, 3.8) is 0 Å². The first kappa shape index (κ1) is 19.6. The fourth-order valence-corrected chi connectivity index (χ4v) is 3.78. The summed E-state index contributed by atoms with van der Waals surface area (Å²) in [5.41, 5.74) is 0.817. The molecule has 3 rings (SSSR count). The van der Waals surface area contributed by atoms with Gasteiger partial charge in [-0.2, -0.15) is 0 Å². The molecule has 0 unspecified atom stereocenters. The van der Waals surface area contributed by atoms with E-state index in [1.807, 2.05) is 0 Å². The molecular formula is C20H28FN3O3. The lowest BCUT2D eigenvalue weighted by Gasteiger charge is -2.36. The Morgan fingerprint density at radius 1 is 0.963 bits per heavy atom. The number of rotatable bonds is 8. The van der Waals surface area contributed by atoms with Crippen molar-refractivity contribution in [2.24, 2.45) is 0 Å². The summed E-state index contributed by atoms with van der Waals surface area (Å²) in [4.78, 5) is 29.1. The molecule has 1 aromatic carbocycles. The number of piperazine rings is 1. The summed E-state index contributed by atoms with van der Waals surface area (Å²) in [5, 5.41) is 0. The number of carbonyl (C=O) groups is 2. The normalized spacial score (nSPS) is 18.4. The van der Waals surface area contributed by atoms with E-state index in [9.17, 15) is 14.0 Å². The summed E-state index contributed by atoms with van der Waals surface area (Å²) in [5.74, 6) is 0.409. The first-order valence-electron chi connectivity index (χ1n) is 9.72. The minimum Gasteiger partial charge on any atom is -0.495 e. The van der Waals surface area contributed by atoms with Crippen LogP contribution in [0.3, 0.4) is 0 Å². The van der Waals surface area contributed by atoms with Crippen molar-refractivity contribution in [1.82, 2.24) is 9.80 Å². The lowest BCUT2D eigenvalue weighted by Crippen LogP contribution is -2.46. The lowest BCUT2D eigenvalue weighted by atomic mass is 10.2. The quantitative estimate of drug-likeness (QED) is 0.514. The molecule has 0 atom stereocenters. The molecule has 27 heavy (non-hydrogen) atoms. The van der Waals surface area contributed by atoms with Gasteiger partial charge in [-0.3, -0.25) is 19.4 Å². The smallest absolute Gasteiger partial charge is 0.229 e. The summed E-state index contributed by atoms with van der Waals surface area (Å²) in [7, 11) is 1.61. The molecule has 1 aromatic rings. The van der Waals surface area contributed by atoms with Crippen molar-refractivity contribution in [3.8, 4) is 5.75 Å². The van der Waals surface area contributed by atoms with Crippen molar-refractivity contribution < 1.29 is 18.7 Å². The van der Waals surface area contributed by atoms with E-state index in [2.05, 4.69) is 9.80 Å². The predicted octanol–water partition coefficient (Wildman–Crippen LogP) is 2.28. The Bertz CT molecular complexity index is 658. The summed E-state index contributed by atoms with van der Waals surface area (Å²) >= 11 is 0. The van der Waals surface area contributed by atoms with Crippen LogP contribution in [-0.2, 0) is 9.59 Å². The number of amides is 2. The number of halogens is 1. The van der Waals surface area contributed by atoms with Gasteiger partial charge in [-0.25, -0.2) is 4.39 Å². The third-order valence-electron chi connectivity index (χ3n) is 5.36. The monoisotopic (exact) mass is 377 g/mol. The van der Waals surface area contributed by atoms with E-state index in [1.165, 1.54) is 17.0 Å². The number of likely N-dealkylation sites (tertiary alicyclic amines) is 1. The average Bonchev–Trinajstić information content (AvgIpc) is 3.00. The summed E-state index contributed by atoms with van der Waals surface area (Å²) in [6, 6.07) is 4.63. The van der Waals surface area contributed by atoms with Crippen LogP contribution < -0.4 is 9.64 Å². The molecule has 0 radical (unpaired) electrons. The Kier molecular flexibility index (Phi) is 6.66. The Morgan fingerprint density at radius 3 is 2.30 bits per heavy atom. The van der Waals surface area contributed by atoms with Crippen LogP contribution in [0, 0.1) is 5.82 Å². The molecule has 0 N–H and O–H groups in total. The number of benzene rings is 1. The number of hydrogen-bond acceptors (Lipinski definition) is 5. The summed E-state index contributed by atoms with van der Waals surface area (Å²) < 4.78 is 18.9. The molecule has 0 bridgehead atoms. The third-order valence-corrected chi connectivity index (χ3v) is 5.36. The topological polar surface area (TPSA) is 53.1 Å². The van der Waals surface area contributed by atoms with Crippen molar-refractivity contribution in [2.75, 3.05) is 51.3 Å². The Labute approximate surface area is 159 Å². The number of anilines is 1. The lowest BCUT2D eigenvalue weighted by molar-refractivity contribution is -0.138. The molecule has 2 amide bonds. The minimum atomic E-state index is -0.247. The van der Waals surface area contributed by atoms with Gasteiger partial charge in [-0.15, -0.1) is 0 Å². The largest absolute Gasteiger partial charge is 0.495 e. The van der Waals surface area contributed by atoms with Crippen LogP contribution in [0.15, 0.2) is 18.2 Å². The maximum Gasteiger partial charge on any atom is 0.229 e. The van der Waals surface area contributed by atoms with Crippen LogP contribution in [-0.4, -0.2) is 68.0 Å². The molecule has 0 saturated carbocycles. The fraction of sp³-hybridized carbons (Fsp3) is 0.600. The van der Waals surface area contributed by atoms with Gasteiger partial charge in [0.2, 0.25) is 11.8 Å². The van der Waals surface area contributed by atoms with Gasteiger partial charge < -0.3 is 9.64 Å². The molecule has 148 valence electrons. The Morgan fingerprint density at radius 2 is 1.63 bits per heavy atom. The van der Waals surface area contributed by atoms with E-state index < -0.39 is 0 Å².